The van der Waals surface area contributed by atoms with Gasteiger partial charge in [-0.05, 0) is 43.5 Å². The number of hydrogen-bond donors (Lipinski definition) is 0. The highest BCUT2D eigenvalue weighted by Gasteiger charge is 2.32. The highest BCUT2D eigenvalue weighted by Crippen LogP contribution is 2.28. The first-order chi connectivity index (χ1) is 12.9. The van der Waals surface area contributed by atoms with Gasteiger partial charge in [0.1, 0.15) is 10.6 Å². The Hall–Kier alpha value is -1.89. The third-order valence-electron chi connectivity index (χ3n) is 5.21. The summed E-state index contributed by atoms with van der Waals surface area (Å²) in [6.07, 6.45) is 0.972. The minimum atomic E-state index is -3.55. The molecule has 2 aromatic rings. The van der Waals surface area contributed by atoms with E-state index in [1.54, 1.807) is 16.4 Å². The number of nitrogens with zero attached hydrogens (tertiary/aromatic N) is 2. The second-order valence-corrected chi connectivity index (χ2v) is 9.04. The molecule has 1 fully saturated rings. The van der Waals surface area contributed by atoms with Crippen LogP contribution in [0.3, 0.4) is 0 Å². The first-order valence-electron chi connectivity index (χ1n) is 9.34. The van der Waals surface area contributed by atoms with Gasteiger partial charge in [0.25, 0.3) is 0 Å². The van der Waals surface area contributed by atoms with Crippen molar-refractivity contribution < 1.29 is 13.2 Å². The lowest BCUT2D eigenvalue weighted by Crippen LogP contribution is -2.51. The number of piperazine rings is 1. The van der Waals surface area contributed by atoms with Gasteiger partial charge in [-0.3, -0.25) is 4.90 Å². The predicted molar refractivity (Wildman–Crippen MR) is 108 cm³/mol. The van der Waals surface area contributed by atoms with E-state index in [1.807, 2.05) is 19.1 Å². The second-order valence-electron chi connectivity index (χ2n) is 7.13. The lowest BCUT2D eigenvalue weighted by Gasteiger charge is -2.37. The normalized spacial score (nSPS) is 17.6. The van der Waals surface area contributed by atoms with E-state index in [9.17, 15) is 8.42 Å². The van der Waals surface area contributed by atoms with E-state index < -0.39 is 10.0 Å². The fourth-order valence-corrected chi connectivity index (χ4v) is 5.26. The van der Waals surface area contributed by atoms with Crippen LogP contribution < -0.4 is 4.74 Å². The quantitative estimate of drug-likeness (QED) is 0.763. The van der Waals surface area contributed by atoms with Gasteiger partial charge in [-0.2, -0.15) is 4.31 Å². The Bertz CT molecular complexity index is 860. The molecule has 0 radical (unpaired) electrons. The van der Waals surface area contributed by atoms with Crippen LogP contribution in [-0.2, 0) is 16.4 Å². The lowest BCUT2D eigenvalue weighted by atomic mass is 10.1. The Morgan fingerprint density at radius 2 is 1.70 bits per heavy atom. The fraction of sp³-hybridized carbons (Fsp3) is 0.429. The van der Waals surface area contributed by atoms with Gasteiger partial charge in [-0.25, -0.2) is 8.42 Å². The van der Waals surface area contributed by atoms with Crippen molar-refractivity contribution in [1.82, 2.24) is 9.21 Å². The Labute approximate surface area is 162 Å². The Morgan fingerprint density at radius 3 is 2.33 bits per heavy atom. The largest absolute Gasteiger partial charge is 0.495 e. The molecule has 0 N–H and O–H groups in total. The highest BCUT2D eigenvalue weighted by atomic mass is 32.2. The van der Waals surface area contributed by atoms with Crippen LogP contribution in [-0.4, -0.2) is 57.0 Å². The summed E-state index contributed by atoms with van der Waals surface area (Å²) in [5.41, 5.74) is 2.22. The molecule has 0 amide bonds. The van der Waals surface area contributed by atoms with Crippen molar-refractivity contribution in [3.05, 3.63) is 59.7 Å². The van der Waals surface area contributed by atoms with Crippen LogP contribution in [0.25, 0.3) is 0 Å². The van der Waals surface area contributed by atoms with Gasteiger partial charge in [0.15, 0.2) is 0 Å². The standard InChI is InChI=1S/C21H28N2O3S/c1-17-9-10-20(26-3)21(15-17)27(24,25)23-13-11-22(12-14-23)18(2)16-19-7-5-4-6-8-19/h4-10,15,18H,11-14,16H2,1-3H3. The van der Waals surface area contributed by atoms with Crippen molar-refractivity contribution in [3.8, 4) is 5.75 Å². The molecule has 1 heterocycles. The smallest absolute Gasteiger partial charge is 0.246 e. The molecule has 6 heteroatoms. The summed E-state index contributed by atoms with van der Waals surface area (Å²) in [6, 6.07) is 16.1. The summed E-state index contributed by atoms with van der Waals surface area (Å²) < 4.78 is 33.1. The summed E-state index contributed by atoms with van der Waals surface area (Å²) in [4.78, 5) is 2.63. The number of rotatable bonds is 6. The molecule has 1 aliphatic rings. The fourth-order valence-electron chi connectivity index (χ4n) is 3.59. The number of hydrogen-bond acceptors (Lipinski definition) is 4. The first-order valence-corrected chi connectivity index (χ1v) is 10.8. The molecule has 2 aromatic carbocycles. The van der Waals surface area contributed by atoms with Gasteiger partial charge < -0.3 is 4.74 Å². The van der Waals surface area contributed by atoms with Crippen LogP contribution in [0.5, 0.6) is 5.75 Å². The Morgan fingerprint density at radius 1 is 1.04 bits per heavy atom. The Balaban J connectivity index is 1.67. The third-order valence-corrected chi connectivity index (χ3v) is 7.13. The van der Waals surface area contributed by atoms with Crippen molar-refractivity contribution in [2.75, 3.05) is 33.3 Å². The van der Waals surface area contributed by atoms with Gasteiger partial charge >= 0.3 is 0 Å². The maximum Gasteiger partial charge on any atom is 0.246 e. The molecule has 1 unspecified atom stereocenters. The lowest BCUT2D eigenvalue weighted by molar-refractivity contribution is 0.144. The van der Waals surface area contributed by atoms with Crippen LogP contribution >= 0.6 is 0 Å². The van der Waals surface area contributed by atoms with Gasteiger partial charge in [-0.1, -0.05) is 36.4 Å². The van der Waals surface area contributed by atoms with E-state index in [-0.39, 0.29) is 4.90 Å². The van der Waals surface area contributed by atoms with Crippen molar-refractivity contribution >= 4 is 10.0 Å². The number of aryl methyl sites for hydroxylation is 1. The van der Waals surface area contributed by atoms with E-state index in [0.717, 1.165) is 25.1 Å². The average molecular weight is 389 g/mol. The van der Waals surface area contributed by atoms with Crippen LogP contribution in [0.15, 0.2) is 53.4 Å². The third kappa shape index (κ3) is 4.51. The molecule has 0 bridgehead atoms. The molecule has 0 aromatic heterocycles. The second kappa shape index (κ2) is 8.42. The maximum absolute atomic E-state index is 13.1. The van der Waals surface area contributed by atoms with Gasteiger partial charge in [-0.15, -0.1) is 0 Å². The average Bonchev–Trinajstić information content (AvgIpc) is 2.69. The summed E-state index contributed by atoms with van der Waals surface area (Å²) in [5, 5.41) is 0. The number of benzene rings is 2. The molecule has 0 saturated carbocycles. The molecule has 5 nitrogen and oxygen atoms in total. The van der Waals surface area contributed by atoms with Crippen LogP contribution in [0.1, 0.15) is 18.1 Å². The number of sulfonamides is 1. The Kier molecular flexibility index (Phi) is 6.19. The molecule has 146 valence electrons. The minimum Gasteiger partial charge on any atom is -0.495 e. The van der Waals surface area contributed by atoms with Crippen LogP contribution in [0, 0.1) is 6.92 Å². The van der Waals surface area contributed by atoms with E-state index in [4.69, 9.17) is 4.74 Å². The molecule has 0 aliphatic carbocycles. The summed E-state index contributed by atoms with van der Waals surface area (Å²) >= 11 is 0. The topological polar surface area (TPSA) is 49.9 Å². The molecule has 3 rings (SSSR count). The van der Waals surface area contributed by atoms with Gasteiger partial charge in [0.05, 0.1) is 7.11 Å². The zero-order valence-electron chi connectivity index (χ0n) is 16.3. The zero-order valence-corrected chi connectivity index (χ0v) is 17.1. The molecule has 27 heavy (non-hydrogen) atoms. The minimum absolute atomic E-state index is 0.260. The number of methoxy groups -OCH3 is 1. The molecule has 1 atom stereocenters. The SMILES string of the molecule is COc1ccc(C)cc1S(=O)(=O)N1CCN(C(C)Cc2ccccc2)CC1. The maximum atomic E-state index is 13.1. The summed E-state index contributed by atoms with van der Waals surface area (Å²) in [7, 11) is -2.05. The van der Waals surface area contributed by atoms with E-state index >= 15 is 0 Å². The molecular formula is C21H28N2O3S. The van der Waals surface area contributed by atoms with E-state index in [1.165, 1.54) is 12.7 Å². The van der Waals surface area contributed by atoms with E-state index in [2.05, 4.69) is 36.1 Å². The van der Waals surface area contributed by atoms with Gasteiger partial charge in [0.2, 0.25) is 10.0 Å². The highest BCUT2D eigenvalue weighted by molar-refractivity contribution is 7.89. The van der Waals surface area contributed by atoms with E-state index in [0.29, 0.717) is 24.9 Å². The van der Waals surface area contributed by atoms with Gasteiger partial charge in [0, 0.05) is 32.2 Å². The first kappa shape index (κ1) is 19.9. The number of ether oxygens (including phenoxy) is 1. The molecular weight excluding hydrogens is 360 g/mol. The summed E-state index contributed by atoms with van der Waals surface area (Å²) in [6.45, 7) is 6.57. The molecule has 0 spiro atoms. The monoisotopic (exact) mass is 388 g/mol. The van der Waals surface area contributed by atoms with Crippen molar-refractivity contribution in [1.29, 1.82) is 0 Å². The molecule has 1 aliphatic heterocycles. The van der Waals surface area contributed by atoms with Crippen LogP contribution in [0.4, 0.5) is 0 Å². The summed E-state index contributed by atoms with van der Waals surface area (Å²) in [5.74, 6) is 0.403. The van der Waals surface area contributed by atoms with Crippen molar-refractivity contribution in [2.24, 2.45) is 0 Å². The molecule has 1 saturated heterocycles. The van der Waals surface area contributed by atoms with Crippen molar-refractivity contribution in [2.45, 2.75) is 31.2 Å². The van der Waals surface area contributed by atoms with Crippen LogP contribution in [0.2, 0.25) is 0 Å². The zero-order chi connectivity index (χ0) is 19.4. The van der Waals surface area contributed by atoms with Crippen molar-refractivity contribution in [3.63, 3.8) is 0 Å². The predicted octanol–water partition coefficient (Wildman–Crippen LogP) is 2.94.